The molecule has 0 bridgehead atoms. The van der Waals surface area contributed by atoms with Crippen LogP contribution in [0.3, 0.4) is 0 Å². The van der Waals surface area contributed by atoms with Crippen molar-refractivity contribution in [2.24, 2.45) is 5.92 Å². The zero-order valence-corrected chi connectivity index (χ0v) is 11.8. The predicted octanol–water partition coefficient (Wildman–Crippen LogP) is 2.45. The van der Waals surface area contributed by atoms with Crippen molar-refractivity contribution in [1.29, 1.82) is 0 Å². The van der Waals surface area contributed by atoms with Crippen LogP contribution in [0.25, 0.3) is 0 Å². The Hall–Kier alpha value is -0.520. The Morgan fingerprint density at radius 1 is 1.00 bits per heavy atom. The van der Waals surface area contributed by atoms with Crippen molar-refractivity contribution in [2.75, 3.05) is 39.3 Å². The van der Waals surface area contributed by atoms with E-state index in [2.05, 4.69) is 42.4 Å². The highest BCUT2D eigenvalue weighted by molar-refractivity contribution is 5.00. The SMILES string of the molecule is CCN1CCN(CCCCC#CC(C)C)CC1. The fourth-order valence-corrected chi connectivity index (χ4v) is 2.15. The number of unbranched alkanes of at least 4 members (excludes halogenated alkanes) is 2. The molecule has 0 atom stereocenters. The first-order chi connectivity index (χ1) is 8.22. The summed E-state index contributed by atoms with van der Waals surface area (Å²) in [6.07, 6.45) is 3.64. The van der Waals surface area contributed by atoms with Gasteiger partial charge in [0.05, 0.1) is 0 Å². The van der Waals surface area contributed by atoms with Gasteiger partial charge in [-0.25, -0.2) is 0 Å². The number of piperazine rings is 1. The Morgan fingerprint density at radius 2 is 1.65 bits per heavy atom. The minimum atomic E-state index is 0.525. The normalized spacial score (nSPS) is 18.1. The third-order valence-corrected chi connectivity index (χ3v) is 3.33. The summed E-state index contributed by atoms with van der Waals surface area (Å²) in [5, 5.41) is 0. The van der Waals surface area contributed by atoms with Gasteiger partial charge in [-0.05, 0) is 25.9 Å². The maximum atomic E-state index is 3.26. The molecule has 17 heavy (non-hydrogen) atoms. The molecule has 0 N–H and O–H groups in total. The van der Waals surface area contributed by atoms with Gasteiger partial charge in [-0.2, -0.15) is 0 Å². The number of rotatable bonds is 5. The minimum absolute atomic E-state index is 0.525. The highest BCUT2D eigenvalue weighted by Crippen LogP contribution is 2.04. The van der Waals surface area contributed by atoms with Gasteiger partial charge in [-0.15, -0.1) is 11.8 Å². The Labute approximate surface area is 107 Å². The molecule has 0 aliphatic carbocycles. The predicted molar refractivity (Wildman–Crippen MR) is 75.0 cm³/mol. The molecule has 1 saturated heterocycles. The molecular formula is C15H28N2. The molecule has 1 aliphatic rings. The van der Waals surface area contributed by atoms with Gasteiger partial charge in [0.25, 0.3) is 0 Å². The Bertz CT molecular complexity index is 241. The van der Waals surface area contributed by atoms with Gasteiger partial charge in [0.1, 0.15) is 0 Å². The van der Waals surface area contributed by atoms with Gasteiger partial charge in [0, 0.05) is 38.5 Å². The number of likely N-dealkylation sites (N-methyl/N-ethyl adjacent to an activating group) is 1. The molecule has 98 valence electrons. The van der Waals surface area contributed by atoms with E-state index in [9.17, 15) is 0 Å². The van der Waals surface area contributed by atoms with Crippen LogP contribution in [0.4, 0.5) is 0 Å². The van der Waals surface area contributed by atoms with E-state index in [1.807, 2.05) is 0 Å². The highest BCUT2D eigenvalue weighted by Gasteiger charge is 2.14. The molecule has 1 aliphatic heterocycles. The summed E-state index contributed by atoms with van der Waals surface area (Å²) in [6, 6.07) is 0. The zero-order chi connectivity index (χ0) is 12.5. The molecular weight excluding hydrogens is 208 g/mol. The van der Waals surface area contributed by atoms with E-state index in [4.69, 9.17) is 0 Å². The van der Waals surface area contributed by atoms with E-state index in [1.54, 1.807) is 0 Å². The van der Waals surface area contributed by atoms with Crippen molar-refractivity contribution < 1.29 is 0 Å². The zero-order valence-electron chi connectivity index (χ0n) is 11.8. The molecule has 1 rings (SSSR count). The van der Waals surface area contributed by atoms with Crippen molar-refractivity contribution in [3.63, 3.8) is 0 Å². The lowest BCUT2D eigenvalue weighted by molar-refractivity contribution is 0.136. The van der Waals surface area contributed by atoms with Gasteiger partial charge in [-0.3, -0.25) is 0 Å². The Balaban J connectivity index is 1.99. The molecule has 0 aromatic rings. The summed E-state index contributed by atoms with van der Waals surface area (Å²) < 4.78 is 0. The van der Waals surface area contributed by atoms with Crippen molar-refractivity contribution >= 4 is 0 Å². The Kier molecular flexibility index (Phi) is 7.32. The third-order valence-electron chi connectivity index (χ3n) is 3.33. The van der Waals surface area contributed by atoms with Crippen LogP contribution in [-0.2, 0) is 0 Å². The first-order valence-corrected chi connectivity index (χ1v) is 7.15. The van der Waals surface area contributed by atoms with Crippen LogP contribution in [0.1, 0.15) is 40.0 Å². The molecule has 0 amide bonds. The average molecular weight is 236 g/mol. The average Bonchev–Trinajstić information content (AvgIpc) is 2.34. The van der Waals surface area contributed by atoms with Crippen LogP contribution in [-0.4, -0.2) is 49.1 Å². The number of nitrogens with zero attached hydrogens (tertiary/aromatic N) is 2. The topological polar surface area (TPSA) is 6.48 Å². The maximum Gasteiger partial charge on any atom is 0.0146 e. The van der Waals surface area contributed by atoms with Crippen LogP contribution in [0.5, 0.6) is 0 Å². The van der Waals surface area contributed by atoms with E-state index in [-0.39, 0.29) is 0 Å². The second-order valence-corrected chi connectivity index (χ2v) is 5.21. The summed E-state index contributed by atoms with van der Waals surface area (Å²) in [5.41, 5.74) is 0. The van der Waals surface area contributed by atoms with Crippen LogP contribution >= 0.6 is 0 Å². The van der Waals surface area contributed by atoms with E-state index >= 15 is 0 Å². The monoisotopic (exact) mass is 236 g/mol. The van der Waals surface area contributed by atoms with E-state index in [1.165, 1.54) is 52.1 Å². The molecule has 0 spiro atoms. The fraction of sp³-hybridized carbons (Fsp3) is 0.867. The summed E-state index contributed by atoms with van der Waals surface area (Å²) in [4.78, 5) is 5.13. The second kappa shape index (κ2) is 8.55. The van der Waals surface area contributed by atoms with Crippen molar-refractivity contribution in [3.05, 3.63) is 0 Å². The number of hydrogen-bond donors (Lipinski definition) is 0. The molecule has 1 fully saturated rings. The molecule has 2 heteroatoms. The number of hydrogen-bond acceptors (Lipinski definition) is 2. The maximum absolute atomic E-state index is 3.26. The van der Waals surface area contributed by atoms with Gasteiger partial charge >= 0.3 is 0 Å². The molecule has 0 saturated carbocycles. The first kappa shape index (κ1) is 14.5. The van der Waals surface area contributed by atoms with E-state index in [0.29, 0.717) is 5.92 Å². The van der Waals surface area contributed by atoms with Gasteiger partial charge in [-0.1, -0.05) is 20.8 Å². The highest BCUT2D eigenvalue weighted by atomic mass is 15.3. The summed E-state index contributed by atoms with van der Waals surface area (Å²) >= 11 is 0. The Morgan fingerprint density at radius 3 is 2.24 bits per heavy atom. The van der Waals surface area contributed by atoms with E-state index < -0.39 is 0 Å². The van der Waals surface area contributed by atoms with E-state index in [0.717, 1.165) is 6.42 Å². The summed E-state index contributed by atoms with van der Waals surface area (Å²) in [7, 11) is 0. The largest absolute Gasteiger partial charge is 0.301 e. The third kappa shape index (κ3) is 6.71. The quantitative estimate of drug-likeness (QED) is 0.534. The van der Waals surface area contributed by atoms with Crippen molar-refractivity contribution in [2.45, 2.75) is 40.0 Å². The van der Waals surface area contributed by atoms with Crippen LogP contribution in [0.2, 0.25) is 0 Å². The lowest BCUT2D eigenvalue weighted by Crippen LogP contribution is -2.46. The fourth-order valence-electron chi connectivity index (χ4n) is 2.15. The molecule has 2 nitrogen and oxygen atoms in total. The summed E-state index contributed by atoms with van der Waals surface area (Å²) in [6.45, 7) is 14.0. The lowest BCUT2D eigenvalue weighted by Gasteiger charge is -2.33. The van der Waals surface area contributed by atoms with Gasteiger partial charge in [0.15, 0.2) is 0 Å². The standard InChI is InChI=1S/C15H28N2/c1-4-16-11-13-17(14-12-16)10-8-6-5-7-9-15(2)3/h15H,4-6,8,10-14H2,1-3H3. The molecule has 0 aromatic carbocycles. The molecule has 0 radical (unpaired) electrons. The van der Waals surface area contributed by atoms with Crippen LogP contribution in [0, 0.1) is 17.8 Å². The summed E-state index contributed by atoms with van der Waals surface area (Å²) in [5.74, 6) is 7.01. The molecule has 0 unspecified atom stereocenters. The first-order valence-electron chi connectivity index (χ1n) is 7.15. The smallest absolute Gasteiger partial charge is 0.0146 e. The van der Waals surface area contributed by atoms with Crippen molar-refractivity contribution in [3.8, 4) is 11.8 Å². The van der Waals surface area contributed by atoms with Gasteiger partial charge in [0.2, 0.25) is 0 Å². The lowest BCUT2D eigenvalue weighted by atomic mass is 10.2. The van der Waals surface area contributed by atoms with Crippen molar-refractivity contribution in [1.82, 2.24) is 9.80 Å². The van der Waals surface area contributed by atoms with Crippen LogP contribution < -0.4 is 0 Å². The molecule has 1 heterocycles. The minimum Gasteiger partial charge on any atom is -0.301 e. The second-order valence-electron chi connectivity index (χ2n) is 5.21. The van der Waals surface area contributed by atoms with Gasteiger partial charge < -0.3 is 9.80 Å². The molecule has 0 aromatic heterocycles. The van der Waals surface area contributed by atoms with Crippen LogP contribution in [0.15, 0.2) is 0 Å².